The van der Waals surface area contributed by atoms with Crippen molar-refractivity contribution in [2.75, 3.05) is 0 Å². The zero-order chi connectivity index (χ0) is 32.6. The van der Waals surface area contributed by atoms with E-state index in [4.69, 9.17) is 9.47 Å². The van der Waals surface area contributed by atoms with E-state index in [-0.39, 0.29) is 45.4 Å². The molecule has 240 valence electrons. The molecule has 0 amide bonds. The molecule has 4 aliphatic rings. The first kappa shape index (κ1) is 34.4. The van der Waals surface area contributed by atoms with Crippen LogP contribution < -0.4 is 0 Å². The summed E-state index contributed by atoms with van der Waals surface area (Å²) in [4.78, 5) is 0. The molecule has 0 aromatic rings. The summed E-state index contributed by atoms with van der Waals surface area (Å²) in [5.74, 6) is 0. The van der Waals surface area contributed by atoms with Gasteiger partial charge in [0.1, 0.15) is 22.4 Å². The molecule has 2 N–H and O–H groups in total. The minimum Gasteiger partial charge on any atom is -0.393 e. The molecule has 4 heteroatoms. The van der Waals surface area contributed by atoms with Gasteiger partial charge < -0.3 is 19.7 Å². The predicted molar refractivity (Wildman–Crippen MR) is 183 cm³/mol. The number of epoxide rings is 2. The zero-order valence-corrected chi connectivity index (χ0v) is 28.8. The molecule has 0 aromatic heterocycles. The van der Waals surface area contributed by atoms with Crippen molar-refractivity contribution >= 4 is 0 Å². The Labute approximate surface area is 267 Å². The molecule has 0 aromatic carbocycles. The van der Waals surface area contributed by atoms with Crippen molar-refractivity contribution in [1.82, 2.24) is 0 Å². The van der Waals surface area contributed by atoms with Crippen LogP contribution in [0.1, 0.15) is 94.9 Å². The molecule has 0 unspecified atom stereocenters. The van der Waals surface area contributed by atoms with Crippen molar-refractivity contribution in [2.45, 2.75) is 130 Å². The van der Waals surface area contributed by atoms with Crippen molar-refractivity contribution in [3.8, 4) is 0 Å². The smallest absolute Gasteiger partial charge is 0.121 e. The van der Waals surface area contributed by atoms with Gasteiger partial charge in [0.2, 0.25) is 0 Å². The Morgan fingerprint density at radius 3 is 1.16 bits per heavy atom. The van der Waals surface area contributed by atoms with Gasteiger partial charge in [0.05, 0.1) is 12.2 Å². The average molecular weight is 601 g/mol. The second-order valence-corrected chi connectivity index (χ2v) is 15.4. The molecule has 4 rings (SSSR count). The fourth-order valence-corrected chi connectivity index (χ4v) is 7.99. The van der Waals surface area contributed by atoms with Crippen LogP contribution in [0.15, 0.2) is 107 Å². The van der Waals surface area contributed by atoms with Crippen LogP contribution in [0, 0.1) is 10.8 Å². The van der Waals surface area contributed by atoms with Gasteiger partial charge in [-0.25, -0.2) is 0 Å². The molecular weight excluding hydrogens is 544 g/mol. The van der Waals surface area contributed by atoms with E-state index < -0.39 is 0 Å². The van der Waals surface area contributed by atoms with Crippen LogP contribution in [0.2, 0.25) is 0 Å². The molecule has 4 fully saturated rings. The normalized spacial score (nSPS) is 39.2. The molecule has 0 radical (unpaired) electrons. The van der Waals surface area contributed by atoms with Crippen LogP contribution in [-0.4, -0.2) is 44.8 Å². The summed E-state index contributed by atoms with van der Waals surface area (Å²) in [6.45, 7) is 21.4. The molecule has 2 saturated heterocycles. The van der Waals surface area contributed by atoms with Crippen molar-refractivity contribution in [3.63, 3.8) is 0 Å². The Kier molecular flexibility index (Phi) is 9.66. The molecule has 2 heterocycles. The summed E-state index contributed by atoms with van der Waals surface area (Å²) in [5, 5.41) is 20.5. The maximum Gasteiger partial charge on any atom is 0.121 e. The number of allylic oxidation sites excluding steroid dienone is 16. The minimum atomic E-state index is -0.294. The number of ether oxygens (including phenoxy) is 2. The molecule has 0 bridgehead atoms. The summed E-state index contributed by atoms with van der Waals surface area (Å²) in [6, 6.07) is 0. The van der Waals surface area contributed by atoms with Crippen molar-refractivity contribution in [2.24, 2.45) is 10.8 Å². The van der Waals surface area contributed by atoms with Crippen LogP contribution in [0.4, 0.5) is 0 Å². The highest BCUT2D eigenvalue weighted by Crippen LogP contribution is 2.67. The highest BCUT2D eigenvalue weighted by Gasteiger charge is 2.75. The number of aliphatic hydroxyl groups excluding tert-OH is 2. The van der Waals surface area contributed by atoms with Gasteiger partial charge in [-0.3, -0.25) is 0 Å². The van der Waals surface area contributed by atoms with Gasteiger partial charge in [0, 0.05) is 23.7 Å². The Morgan fingerprint density at radius 2 is 0.818 bits per heavy atom. The van der Waals surface area contributed by atoms with E-state index >= 15 is 0 Å². The lowest BCUT2D eigenvalue weighted by atomic mass is 9.63. The maximum atomic E-state index is 10.3. The van der Waals surface area contributed by atoms with E-state index in [1.807, 2.05) is 0 Å². The molecule has 6 atom stereocenters. The monoisotopic (exact) mass is 600 g/mol. The lowest BCUT2D eigenvalue weighted by molar-refractivity contribution is 0.0510. The number of rotatable bonds is 10. The van der Waals surface area contributed by atoms with E-state index in [2.05, 4.69) is 154 Å². The average Bonchev–Trinajstić information content (AvgIpc) is 3.73. The van der Waals surface area contributed by atoms with Gasteiger partial charge in [-0.2, -0.15) is 0 Å². The number of fused-ring (bicyclic) bond motifs is 2. The maximum absolute atomic E-state index is 10.3. The van der Waals surface area contributed by atoms with Gasteiger partial charge >= 0.3 is 0 Å². The largest absolute Gasteiger partial charge is 0.393 e. The zero-order valence-electron chi connectivity index (χ0n) is 28.8. The molecule has 2 aliphatic heterocycles. The minimum absolute atomic E-state index is 0.0969. The molecule has 44 heavy (non-hydrogen) atoms. The fourth-order valence-electron chi connectivity index (χ4n) is 7.99. The number of hydrogen-bond donors (Lipinski definition) is 2. The van der Waals surface area contributed by atoms with Gasteiger partial charge in [-0.15, -0.1) is 0 Å². The lowest BCUT2D eigenvalue weighted by Gasteiger charge is -2.39. The van der Waals surface area contributed by atoms with Gasteiger partial charge in [-0.05, 0) is 66.5 Å². The standard InChI is InChI=1S/C40H56O4/c1-29(17-13-19-31(3)21-23-39-35(5,6)25-33(41)27-37(39,9)43-39)15-11-12-16-30(2)18-14-20-32(4)22-24-40-36(7,8)26-34(42)28-38(40,10)44-40/h11-24,33-34,41-42H,25-28H2,1-10H3/b12-11+,17-13+,18-14+,23-21+,24-22+,29-15-,30-16+,31-19-,32-20+/t33-,34-,37+,38+,39-,40-/m0/s1. The molecular formula is C40H56O4. The van der Waals surface area contributed by atoms with Crippen LogP contribution in [0.25, 0.3) is 0 Å². The van der Waals surface area contributed by atoms with E-state index in [9.17, 15) is 10.2 Å². The molecule has 4 nitrogen and oxygen atoms in total. The number of hydrogen-bond acceptors (Lipinski definition) is 4. The first-order chi connectivity index (χ1) is 20.4. The number of aliphatic hydroxyl groups is 2. The van der Waals surface area contributed by atoms with Crippen molar-refractivity contribution in [3.05, 3.63) is 107 Å². The fraction of sp³-hybridized carbons (Fsp3) is 0.550. The van der Waals surface area contributed by atoms with Gasteiger partial charge in [0.15, 0.2) is 0 Å². The van der Waals surface area contributed by atoms with Crippen LogP contribution >= 0.6 is 0 Å². The highest BCUT2D eigenvalue weighted by atomic mass is 16.6. The molecule has 0 spiro atoms. The lowest BCUT2D eigenvalue weighted by Crippen LogP contribution is -2.46. The van der Waals surface area contributed by atoms with Crippen LogP contribution in [0.5, 0.6) is 0 Å². The predicted octanol–water partition coefficient (Wildman–Crippen LogP) is 8.97. The highest BCUT2D eigenvalue weighted by molar-refractivity contribution is 5.38. The van der Waals surface area contributed by atoms with Crippen LogP contribution in [0.3, 0.4) is 0 Å². The summed E-state index contributed by atoms with van der Waals surface area (Å²) < 4.78 is 12.5. The van der Waals surface area contributed by atoms with Gasteiger partial charge in [-0.1, -0.05) is 123 Å². The summed E-state index contributed by atoms with van der Waals surface area (Å²) in [6.07, 6.45) is 32.0. The third-order valence-electron chi connectivity index (χ3n) is 10.4. The van der Waals surface area contributed by atoms with Gasteiger partial charge in [0.25, 0.3) is 0 Å². The van der Waals surface area contributed by atoms with E-state index in [1.54, 1.807) is 0 Å². The summed E-state index contributed by atoms with van der Waals surface area (Å²) >= 11 is 0. The first-order valence-electron chi connectivity index (χ1n) is 16.3. The van der Waals surface area contributed by atoms with E-state index in [0.717, 1.165) is 12.8 Å². The second-order valence-electron chi connectivity index (χ2n) is 15.4. The van der Waals surface area contributed by atoms with Crippen molar-refractivity contribution in [1.29, 1.82) is 0 Å². The summed E-state index contributed by atoms with van der Waals surface area (Å²) in [5.41, 5.74) is 3.36. The Hall–Kier alpha value is -2.50. The SMILES string of the molecule is CC(=C/C=C/C=C(C)/C=C/C=C(C)/C=C/[C@@]12O[C@]1(C)C[C@@H](O)CC2(C)C)/C=C/C=C(C)\C=C\[C@@]12O[C@]1(C)C[C@@H](O)CC2(C)C. The Bertz CT molecular complexity index is 1270. The molecule has 2 saturated carbocycles. The van der Waals surface area contributed by atoms with E-state index in [1.165, 1.54) is 22.3 Å². The third-order valence-corrected chi connectivity index (χ3v) is 10.4. The Balaban J connectivity index is 1.25. The second kappa shape index (κ2) is 12.4. The summed E-state index contributed by atoms with van der Waals surface area (Å²) in [7, 11) is 0. The van der Waals surface area contributed by atoms with Crippen molar-refractivity contribution < 1.29 is 19.7 Å². The Morgan fingerprint density at radius 1 is 0.500 bits per heavy atom. The first-order valence-corrected chi connectivity index (χ1v) is 16.3. The topological polar surface area (TPSA) is 65.5 Å². The molecule has 2 aliphatic carbocycles. The quantitative estimate of drug-likeness (QED) is 0.194. The van der Waals surface area contributed by atoms with E-state index in [0.29, 0.717) is 12.8 Å². The third kappa shape index (κ3) is 6.84. The van der Waals surface area contributed by atoms with Crippen LogP contribution in [-0.2, 0) is 9.47 Å².